The van der Waals surface area contributed by atoms with Crippen molar-refractivity contribution >= 4 is 23.5 Å². The molecule has 2 amide bonds. The van der Waals surface area contributed by atoms with Gasteiger partial charge in [0.15, 0.2) is 0 Å². The minimum Gasteiger partial charge on any atom is -0.481 e. The van der Waals surface area contributed by atoms with E-state index in [1.807, 2.05) is 0 Å². The largest absolute Gasteiger partial charge is 0.481 e. The van der Waals surface area contributed by atoms with Gasteiger partial charge in [0.05, 0.1) is 17.5 Å². The zero-order chi connectivity index (χ0) is 17.4. The van der Waals surface area contributed by atoms with Crippen molar-refractivity contribution in [3.8, 4) is 0 Å². The van der Waals surface area contributed by atoms with Gasteiger partial charge in [-0.15, -0.1) is 0 Å². The summed E-state index contributed by atoms with van der Waals surface area (Å²) in [4.78, 5) is 38.2. The third-order valence-corrected chi connectivity index (χ3v) is 4.52. The summed E-state index contributed by atoms with van der Waals surface area (Å²) in [5.74, 6) is -4.48. The molecule has 2 atom stereocenters. The molecule has 2 aliphatic heterocycles. The molecule has 1 aromatic carbocycles. The molecule has 3 rings (SSSR count). The van der Waals surface area contributed by atoms with Crippen molar-refractivity contribution in [3.05, 3.63) is 29.8 Å². The molecule has 24 heavy (non-hydrogen) atoms. The molecule has 0 bridgehead atoms. The summed E-state index contributed by atoms with van der Waals surface area (Å²) in [6.45, 7) is 0.476. The van der Waals surface area contributed by atoms with Crippen molar-refractivity contribution in [2.45, 2.75) is 12.8 Å². The van der Waals surface area contributed by atoms with E-state index in [1.165, 1.54) is 11.0 Å². The molecule has 6 nitrogen and oxygen atoms in total. The van der Waals surface area contributed by atoms with Crippen LogP contribution in [-0.4, -0.2) is 47.4 Å². The van der Waals surface area contributed by atoms with Gasteiger partial charge in [-0.05, 0) is 18.6 Å². The zero-order valence-corrected chi connectivity index (χ0v) is 12.7. The molecule has 128 valence electrons. The molecule has 0 aromatic heterocycles. The summed E-state index contributed by atoms with van der Waals surface area (Å²) in [7, 11) is 0. The first-order valence-corrected chi connectivity index (χ1v) is 7.64. The van der Waals surface area contributed by atoms with Crippen LogP contribution in [0.3, 0.4) is 0 Å². The summed E-state index contributed by atoms with van der Waals surface area (Å²) in [6.07, 6.45) is 0.321. The average molecular weight is 338 g/mol. The van der Waals surface area contributed by atoms with Crippen LogP contribution < -0.4 is 4.90 Å². The Labute approximate surface area is 136 Å². The number of rotatable bonds is 3. The number of amides is 2. The molecule has 2 heterocycles. The standard InChI is InChI=1S/C16H16F2N2O4/c17-11-1-2-13(12(18)6-11)20-8-10(5-14(20)21)15(22)19-4-3-9(7-19)16(23)24/h1-2,6,9-10H,3-5,7-8H2,(H,23,24)/t9-,10+/m0/s1. The first-order valence-electron chi connectivity index (χ1n) is 7.64. The number of carbonyl (C=O) groups is 3. The quantitative estimate of drug-likeness (QED) is 0.900. The average Bonchev–Trinajstić information content (AvgIpc) is 3.14. The fourth-order valence-electron chi connectivity index (χ4n) is 3.23. The number of carboxylic acid groups (broad SMARTS) is 1. The first kappa shape index (κ1) is 16.4. The number of carboxylic acids is 1. The van der Waals surface area contributed by atoms with Gasteiger partial charge >= 0.3 is 5.97 Å². The highest BCUT2D eigenvalue weighted by Gasteiger charge is 2.40. The molecular weight excluding hydrogens is 322 g/mol. The third-order valence-electron chi connectivity index (χ3n) is 4.52. The second-order valence-corrected chi connectivity index (χ2v) is 6.11. The number of likely N-dealkylation sites (tertiary alicyclic amines) is 1. The number of hydrogen-bond acceptors (Lipinski definition) is 3. The number of anilines is 1. The highest BCUT2D eigenvalue weighted by Crippen LogP contribution is 2.30. The van der Waals surface area contributed by atoms with Crippen LogP contribution in [-0.2, 0) is 14.4 Å². The number of hydrogen-bond donors (Lipinski definition) is 1. The minimum atomic E-state index is -0.942. The molecular formula is C16H16F2N2O4. The molecule has 1 N–H and O–H groups in total. The Morgan fingerprint density at radius 3 is 2.54 bits per heavy atom. The van der Waals surface area contributed by atoms with Gasteiger partial charge in [-0.25, -0.2) is 8.78 Å². The summed E-state index contributed by atoms with van der Waals surface area (Å²) < 4.78 is 26.8. The Balaban J connectivity index is 1.70. The van der Waals surface area contributed by atoms with Crippen LogP contribution in [0.25, 0.3) is 0 Å². The predicted octanol–water partition coefficient (Wildman–Crippen LogP) is 1.25. The lowest BCUT2D eigenvalue weighted by Gasteiger charge is -2.21. The van der Waals surface area contributed by atoms with E-state index in [2.05, 4.69) is 0 Å². The summed E-state index contributed by atoms with van der Waals surface area (Å²) in [5.41, 5.74) is -0.0541. The Morgan fingerprint density at radius 1 is 1.17 bits per heavy atom. The van der Waals surface area contributed by atoms with Crippen molar-refractivity contribution in [1.29, 1.82) is 0 Å². The van der Waals surface area contributed by atoms with Crippen LogP contribution in [0.1, 0.15) is 12.8 Å². The van der Waals surface area contributed by atoms with Crippen LogP contribution in [0.2, 0.25) is 0 Å². The van der Waals surface area contributed by atoms with E-state index in [4.69, 9.17) is 5.11 Å². The first-order chi connectivity index (χ1) is 11.4. The normalized spacial score (nSPS) is 23.8. The summed E-state index contributed by atoms with van der Waals surface area (Å²) in [6, 6.07) is 2.92. The van der Waals surface area contributed by atoms with Crippen LogP contribution in [0, 0.1) is 23.5 Å². The fourth-order valence-corrected chi connectivity index (χ4v) is 3.23. The third kappa shape index (κ3) is 2.95. The smallest absolute Gasteiger partial charge is 0.308 e. The number of halogens is 2. The lowest BCUT2D eigenvalue weighted by atomic mass is 10.1. The Kier molecular flexibility index (Phi) is 4.21. The van der Waals surface area contributed by atoms with Gasteiger partial charge in [0.1, 0.15) is 11.6 Å². The van der Waals surface area contributed by atoms with Crippen LogP contribution in [0.5, 0.6) is 0 Å². The molecule has 2 saturated heterocycles. The van der Waals surface area contributed by atoms with E-state index in [1.54, 1.807) is 0 Å². The van der Waals surface area contributed by atoms with Gasteiger partial charge in [-0.1, -0.05) is 0 Å². The Morgan fingerprint density at radius 2 is 1.92 bits per heavy atom. The van der Waals surface area contributed by atoms with Gasteiger partial charge in [-0.3, -0.25) is 14.4 Å². The highest BCUT2D eigenvalue weighted by molar-refractivity contribution is 6.00. The second-order valence-electron chi connectivity index (χ2n) is 6.11. The molecule has 2 aliphatic rings. The number of nitrogens with zero attached hydrogens (tertiary/aromatic N) is 2. The van der Waals surface area contributed by atoms with Crippen molar-refractivity contribution in [2.24, 2.45) is 11.8 Å². The summed E-state index contributed by atoms with van der Waals surface area (Å²) >= 11 is 0. The van der Waals surface area contributed by atoms with E-state index >= 15 is 0 Å². The monoisotopic (exact) mass is 338 g/mol. The molecule has 0 radical (unpaired) electrons. The summed E-state index contributed by atoms with van der Waals surface area (Å²) in [5, 5.41) is 8.99. The van der Waals surface area contributed by atoms with Crippen molar-refractivity contribution < 1.29 is 28.3 Å². The van der Waals surface area contributed by atoms with Gasteiger partial charge in [0, 0.05) is 32.1 Å². The second kappa shape index (κ2) is 6.18. The molecule has 1 aromatic rings. The van der Waals surface area contributed by atoms with E-state index in [9.17, 15) is 23.2 Å². The van der Waals surface area contributed by atoms with Gasteiger partial charge in [0.25, 0.3) is 0 Å². The maximum atomic E-state index is 13.9. The van der Waals surface area contributed by atoms with E-state index in [0.717, 1.165) is 11.0 Å². The maximum absolute atomic E-state index is 13.9. The molecule has 8 heteroatoms. The highest BCUT2D eigenvalue weighted by atomic mass is 19.1. The lowest BCUT2D eigenvalue weighted by Crippen LogP contribution is -2.36. The van der Waals surface area contributed by atoms with Crippen LogP contribution >= 0.6 is 0 Å². The van der Waals surface area contributed by atoms with E-state index in [-0.39, 0.29) is 31.1 Å². The SMILES string of the molecule is O=C(O)[C@H]1CCN(C(=O)[C@@H]2CC(=O)N(c3ccc(F)cc3F)C2)C1. The van der Waals surface area contributed by atoms with E-state index in [0.29, 0.717) is 19.0 Å². The van der Waals surface area contributed by atoms with Gasteiger partial charge in [-0.2, -0.15) is 0 Å². The molecule has 2 fully saturated rings. The maximum Gasteiger partial charge on any atom is 0.308 e. The van der Waals surface area contributed by atoms with Gasteiger partial charge in [0.2, 0.25) is 11.8 Å². The predicted molar refractivity (Wildman–Crippen MR) is 79.1 cm³/mol. The Bertz CT molecular complexity index is 709. The molecule has 0 unspecified atom stereocenters. The number of aliphatic carboxylic acids is 1. The fraction of sp³-hybridized carbons (Fsp3) is 0.438. The van der Waals surface area contributed by atoms with Gasteiger partial charge < -0.3 is 14.9 Å². The Hall–Kier alpha value is -2.51. The number of carbonyl (C=O) groups excluding carboxylic acids is 2. The molecule has 0 saturated carbocycles. The minimum absolute atomic E-state index is 0.00839. The van der Waals surface area contributed by atoms with Crippen molar-refractivity contribution in [3.63, 3.8) is 0 Å². The van der Waals surface area contributed by atoms with E-state index < -0.39 is 35.3 Å². The molecule has 0 spiro atoms. The van der Waals surface area contributed by atoms with Crippen LogP contribution in [0.15, 0.2) is 18.2 Å². The zero-order valence-electron chi connectivity index (χ0n) is 12.7. The number of benzene rings is 1. The molecule has 0 aliphatic carbocycles. The van der Waals surface area contributed by atoms with Crippen molar-refractivity contribution in [2.75, 3.05) is 24.5 Å². The topological polar surface area (TPSA) is 77.9 Å². The van der Waals surface area contributed by atoms with Crippen LogP contribution in [0.4, 0.5) is 14.5 Å². The lowest BCUT2D eigenvalue weighted by molar-refractivity contribution is -0.141. The van der Waals surface area contributed by atoms with Crippen molar-refractivity contribution in [1.82, 2.24) is 4.90 Å².